The molecule has 0 spiro atoms. The molecule has 0 N–H and O–H groups in total. The van der Waals surface area contributed by atoms with E-state index in [4.69, 9.17) is 9.47 Å². The van der Waals surface area contributed by atoms with E-state index in [-0.39, 0.29) is 12.2 Å². The maximum atomic E-state index is 12.3. The summed E-state index contributed by atoms with van der Waals surface area (Å²) >= 11 is 0. The van der Waals surface area contributed by atoms with Crippen LogP contribution >= 0.6 is 0 Å². The SMILES string of the molecule is CCOC(=O)C[C@]1(C)Oc2ccc(C)cc2C1=O. The monoisotopic (exact) mass is 248 g/mol. The highest BCUT2D eigenvalue weighted by molar-refractivity contribution is 6.08. The van der Waals surface area contributed by atoms with E-state index in [0.29, 0.717) is 17.9 Å². The number of benzene rings is 1. The Kier molecular flexibility index (Phi) is 3.11. The molecule has 4 nitrogen and oxygen atoms in total. The maximum absolute atomic E-state index is 12.3. The molecule has 0 amide bonds. The van der Waals surface area contributed by atoms with E-state index in [1.165, 1.54) is 0 Å². The number of hydrogen-bond donors (Lipinski definition) is 0. The summed E-state index contributed by atoms with van der Waals surface area (Å²) in [6, 6.07) is 5.43. The van der Waals surface area contributed by atoms with Gasteiger partial charge in [-0.1, -0.05) is 11.6 Å². The van der Waals surface area contributed by atoms with E-state index >= 15 is 0 Å². The van der Waals surface area contributed by atoms with Crippen molar-refractivity contribution >= 4 is 11.8 Å². The van der Waals surface area contributed by atoms with Gasteiger partial charge in [-0.25, -0.2) is 0 Å². The van der Waals surface area contributed by atoms with Gasteiger partial charge in [-0.2, -0.15) is 0 Å². The first kappa shape index (κ1) is 12.6. The molecule has 1 aromatic rings. The molecule has 0 radical (unpaired) electrons. The molecule has 4 heteroatoms. The first-order chi connectivity index (χ1) is 8.46. The van der Waals surface area contributed by atoms with Crippen LogP contribution in [0.5, 0.6) is 5.75 Å². The van der Waals surface area contributed by atoms with Crippen LogP contribution in [-0.2, 0) is 9.53 Å². The van der Waals surface area contributed by atoms with Crippen LogP contribution in [0.3, 0.4) is 0 Å². The Morgan fingerprint density at radius 2 is 2.17 bits per heavy atom. The largest absolute Gasteiger partial charge is 0.478 e. The van der Waals surface area contributed by atoms with Crippen LogP contribution < -0.4 is 4.74 Å². The molecular weight excluding hydrogens is 232 g/mol. The van der Waals surface area contributed by atoms with Crippen LogP contribution in [0.15, 0.2) is 18.2 Å². The van der Waals surface area contributed by atoms with Gasteiger partial charge in [0.1, 0.15) is 5.75 Å². The first-order valence-corrected chi connectivity index (χ1v) is 5.96. The third kappa shape index (κ3) is 2.10. The van der Waals surface area contributed by atoms with Gasteiger partial charge in [-0.3, -0.25) is 9.59 Å². The zero-order valence-corrected chi connectivity index (χ0v) is 10.8. The van der Waals surface area contributed by atoms with Crippen LogP contribution in [0.4, 0.5) is 0 Å². The minimum Gasteiger partial charge on any atom is -0.478 e. The van der Waals surface area contributed by atoms with E-state index in [0.717, 1.165) is 5.56 Å². The minimum absolute atomic E-state index is 0.0621. The van der Waals surface area contributed by atoms with Crippen molar-refractivity contribution in [2.45, 2.75) is 32.8 Å². The van der Waals surface area contributed by atoms with Crippen LogP contribution in [0.25, 0.3) is 0 Å². The lowest BCUT2D eigenvalue weighted by atomic mass is 9.93. The molecule has 0 unspecified atom stereocenters. The van der Waals surface area contributed by atoms with Crippen molar-refractivity contribution in [1.29, 1.82) is 0 Å². The summed E-state index contributed by atoms with van der Waals surface area (Å²) in [5.74, 6) is -0.0375. The molecule has 0 bridgehead atoms. The van der Waals surface area contributed by atoms with Crippen molar-refractivity contribution in [3.05, 3.63) is 29.3 Å². The summed E-state index contributed by atoms with van der Waals surface area (Å²) in [4.78, 5) is 23.8. The average molecular weight is 248 g/mol. The van der Waals surface area contributed by atoms with E-state index in [9.17, 15) is 9.59 Å². The Morgan fingerprint density at radius 3 is 2.83 bits per heavy atom. The van der Waals surface area contributed by atoms with Crippen molar-refractivity contribution in [3.63, 3.8) is 0 Å². The summed E-state index contributed by atoms with van der Waals surface area (Å²) in [7, 11) is 0. The highest BCUT2D eigenvalue weighted by Crippen LogP contribution is 2.37. The Hall–Kier alpha value is -1.84. The number of fused-ring (bicyclic) bond motifs is 1. The lowest BCUT2D eigenvalue weighted by Gasteiger charge is -2.20. The number of ether oxygens (including phenoxy) is 2. The highest BCUT2D eigenvalue weighted by Gasteiger charge is 2.45. The Balaban J connectivity index is 2.24. The second-order valence-electron chi connectivity index (χ2n) is 4.64. The van der Waals surface area contributed by atoms with E-state index < -0.39 is 11.6 Å². The standard InChI is InChI=1S/C14H16O4/c1-4-17-12(15)8-14(3)13(16)10-7-9(2)5-6-11(10)18-14/h5-7H,4,8H2,1-3H3/t14-/m0/s1. The Labute approximate surface area is 106 Å². The number of hydrogen-bond acceptors (Lipinski definition) is 4. The van der Waals surface area contributed by atoms with Gasteiger partial charge >= 0.3 is 5.97 Å². The normalized spacial score (nSPS) is 21.4. The number of esters is 1. The van der Waals surface area contributed by atoms with Crippen molar-refractivity contribution in [2.75, 3.05) is 6.61 Å². The number of carbonyl (C=O) groups excluding carboxylic acids is 2. The molecule has 2 rings (SSSR count). The topological polar surface area (TPSA) is 52.6 Å². The second-order valence-corrected chi connectivity index (χ2v) is 4.64. The molecule has 1 aromatic carbocycles. The fourth-order valence-electron chi connectivity index (χ4n) is 2.09. The smallest absolute Gasteiger partial charge is 0.310 e. The third-order valence-electron chi connectivity index (χ3n) is 2.98. The van der Waals surface area contributed by atoms with E-state index in [1.54, 1.807) is 26.0 Å². The van der Waals surface area contributed by atoms with Crippen LogP contribution in [-0.4, -0.2) is 24.0 Å². The first-order valence-electron chi connectivity index (χ1n) is 5.96. The lowest BCUT2D eigenvalue weighted by molar-refractivity contribution is -0.146. The summed E-state index contributed by atoms with van der Waals surface area (Å²) < 4.78 is 10.5. The van der Waals surface area contributed by atoms with Gasteiger partial charge in [0, 0.05) is 0 Å². The zero-order chi connectivity index (χ0) is 13.3. The van der Waals surface area contributed by atoms with Crippen molar-refractivity contribution < 1.29 is 19.1 Å². The quantitative estimate of drug-likeness (QED) is 0.770. The maximum Gasteiger partial charge on any atom is 0.310 e. The van der Waals surface area contributed by atoms with E-state index in [2.05, 4.69) is 0 Å². The van der Waals surface area contributed by atoms with Gasteiger partial charge in [0.2, 0.25) is 5.78 Å². The Morgan fingerprint density at radius 1 is 1.44 bits per heavy atom. The zero-order valence-electron chi connectivity index (χ0n) is 10.8. The molecule has 0 saturated carbocycles. The fraction of sp³-hybridized carbons (Fsp3) is 0.429. The molecule has 0 saturated heterocycles. The summed E-state index contributed by atoms with van der Waals surface area (Å²) in [5, 5.41) is 0. The third-order valence-corrected chi connectivity index (χ3v) is 2.98. The Bertz CT molecular complexity index is 507. The summed E-state index contributed by atoms with van der Waals surface area (Å²) in [6.07, 6.45) is -0.0621. The summed E-state index contributed by atoms with van der Waals surface area (Å²) in [5.41, 5.74) is 0.399. The predicted octanol–water partition coefficient (Wildman–Crippen LogP) is 2.28. The van der Waals surface area contributed by atoms with Gasteiger partial charge in [0.25, 0.3) is 0 Å². The lowest BCUT2D eigenvalue weighted by Crippen LogP contribution is -2.39. The van der Waals surface area contributed by atoms with Gasteiger partial charge in [0.15, 0.2) is 5.60 Å². The molecule has 1 aliphatic heterocycles. The van der Waals surface area contributed by atoms with Crippen LogP contribution in [0.1, 0.15) is 36.2 Å². The fourth-order valence-corrected chi connectivity index (χ4v) is 2.09. The minimum atomic E-state index is -1.14. The molecule has 18 heavy (non-hydrogen) atoms. The summed E-state index contributed by atoms with van der Waals surface area (Å²) in [6.45, 7) is 5.57. The molecule has 0 aliphatic carbocycles. The second kappa shape index (κ2) is 4.44. The van der Waals surface area contributed by atoms with Crippen molar-refractivity contribution in [2.24, 2.45) is 0 Å². The predicted molar refractivity (Wildman–Crippen MR) is 65.8 cm³/mol. The number of carbonyl (C=O) groups is 2. The van der Waals surface area contributed by atoms with Crippen LogP contribution in [0.2, 0.25) is 0 Å². The molecule has 1 heterocycles. The number of Topliss-reactive ketones (excluding diaryl/α,β-unsaturated/α-hetero) is 1. The molecule has 1 atom stereocenters. The van der Waals surface area contributed by atoms with E-state index in [1.807, 2.05) is 13.0 Å². The van der Waals surface area contributed by atoms with Crippen LogP contribution in [0, 0.1) is 6.92 Å². The van der Waals surface area contributed by atoms with Crippen molar-refractivity contribution in [1.82, 2.24) is 0 Å². The molecule has 96 valence electrons. The van der Waals surface area contributed by atoms with Gasteiger partial charge in [-0.05, 0) is 32.9 Å². The van der Waals surface area contributed by atoms with Crippen molar-refractivity contribution in [3.8, 4) is 5.75 Å². The van der Waals surface area contributed by atoms with Gasteiger partial charge < -0.3 is 9.47 Å². The van der Waals surface area contributed by atoms with Gasteiger partial charge in [0.05, 0.1) is 18.6 Å². The number of aryl methyl sites for hydroxylation is 1. The van der Waals surface area contributed by atoms with Gasteiger partial charge in [-0.15, -0.1) is 0 Å². The molecule has 1 aliphatic rings. The average Bonchev–Trinajstić information content (AvgIpc) is 2.52. The number of ketones is 1. The highest BCUT2D eigenvalue weighted by atomic mass is 16.5. The number of rotatable bonds is 3. The molecular formula is C14H16O4. The molecule has 0 aromatic heterocycles. The molecule has 0 fully saturated rings.